The van der Waals surface area contributed by atoms with Crippen LogP contribution in [0, 0.1) is 0 Å². The van der Waals surface area contributed by atoms with E-state index in [0.717, 1.165) is 28.1 Å². The van der Waals surface area contributed by atoms with E-state index in [-0.39, 0.29) is 0 Å². The SMILES string of the molecule is C=C/C(=C\C=C\C(=O)OC)C1=NC2=C(c3ccc(-c4ccccc4)nc3)C=NN(C2)C(N)=C1Br. The predicted octanol–water partition coefficient (Wildman–Crippen LogP) is 4.58. The summed E-state index contributed by atoms with van der Waals surface area (Å²) >= 11 is 3.56. The van der Waals surface area contributed by atoms with Crippen molar-refractivity contribution in [3.63, 3.8) is 0 Å². The van der Waals surface area contributed by atoms with Gasteiger partial charge in [0.15, 0.2) is 0 Å². The Morgan fingerprint density at radius 1 is 1.21 bits per heavy atom. The van der Waals surface area contributed by atoms with Gasteiger partial charge in [-0.25, -0.2) is 14.8 Å². The third-order valence-corrected chi connectivity index (χ3v) is 6.02. The van der Waals surface area contributed by atoms with Crippen molar-refractivity contribution in [3.05, 3.63) is 107 Å². The number of allylic oxidation sites excluding steroid dienone is 6. The highest BCUT2D eigenvalue weighted by Crippen LogP contribution is 2.31. The zero-order valence-electron chi connectivity index (χ0n) is 18.5. The molecule has 0 radical (unpaired) electrons. The molecule has 0 spiro atoms. The van der Waals surface area contributed by atoms with Gasteiger partial charge in [0.2, 0.25) is 0 Å². The van der Waals surface area contributed by atoms with Crippen molar-refractivity contribution in [3.8, 4) is 11.3 Å². The van der Waals surface area contributed by atoms with E-state index in [1.807, 2.05) is 48.7 Å². The molecule has 0 unspecified atom stereocenters. The molecule has 1 aromatic heterocycles. The first-order valence-corrected chi connectivity index (χ1v) is 11.2. The van der Waals surface area contributed by atoms with E-state index < -0.39 is 5.97 Å². The van der Waals surface area contributed by atoms with E-state index in [1.165, 1.54) is 13.2 Å². The molecule has 7 nitrogen and oxygen atoms in total. The van der Waals surface area contributed by atoms with Crippen LogP contribution in [0.3, 0.4) is 0 Å². The van der Waals surface area contributed by atoms with E-state index in [0.29, 0.717) is 28.1 Å². The average Bonchev–Trinajstić information content (AvgIpc) is 2.97. The first-order chi connectivity index (χ1) is 16.5. The number of methoxy groups -OCH3 is 1. The Morgan fingerprint density at radius 3 is 2.68 bits per heavy atom. The number of benzene rings is 1. The molecule has 0 saturated carbocycles. The van der Waals surface area contributed by atoms with Gasteiger partial charge in [0.05, 0.1) is 41.5 Å². The molecule has 2 aromatic rings. The molecule has 0 atom stereocenters. The fourth-order valence-electron chi connectivity index (χ4n) is 3.44. The number of nitrogens with zero attached hydrogens (tertiary/aromatic N) is 4. The fourth-order valence-corrected chi connectivity index (χ4v) is 3.96. The molecule has 0 saturated heterocycles. The minimum atomic E-state index is -0.455. The Bertz CT molecular complexity index is 1300. The van der Waals surface area contributed by atoms with Crippen molar-refractivity contribution in [2.45, 2.75) is 0 Å². The number of carbonyl (C=O) groups excluding carboxylic acids is 1. The van der Waals surface area contributed by atoms with Gasteiger partial charge in [-0.3, -0.25) is 4.98 Å². The molecule has 0 amide bonds. The minimum absolute atomic E-state index is 0.402. The van der Waals surface area contributed by atoms with Crippen LogP contribution in [0.25, 0.3) is 16.8 Å². The third kappa shape index (κ3) is 4.82. The lowest BCUT2D eigenvalue weighted by molar-refractivity contribution is -0.134. The molecule has 0 fully saturated rings. The van der Waals surface area contributed by atoms with Gasteiger partial charge in [-0.05, 0) is 22.0 Å². The average molecular weight is 516 g/mol. The predicted molar refractivity (Wildman–Crippen MR) is 139 cm³/mol. The maximum Gasteiger partial charge on any atom is 0.330 e. The van der Waals surface area contributed by atoms with Crippen LogP contribution in [0.2, 0.25) is 0 Å². The van der Waals surface area contributed by atoms with E-state index in [2.05, 4.69) is 37.3 Å². The molecule has 34 heavy (non-hydrogen) atoms. The number of aromatic nitrogens is 1. The third-order valence-electron chi connectivity index (χ3n) is 5.24. The lowest BCUT2D eigenvalue weighted by Crippen LogP contribution is -2.27. The number of fused-ring (bicyclic) bond motifs is 2. The molecule has 8 heteroatoms. The van der Waals surface area contributed by atoms with Crippen LogP contribution >= 0.6 is 15.9 Å². The molecule has 2 N–H and O–H groups in total. The Hall–Kier alpha value is -4.04. The highest BCUT2D eigenvalue weighted by molar-refractivity contribution is 9.12. The first-order valence-electron chi connectivity index (χ1n) is 10.4. The molecule has 1 aromatic carbocycles. The zero-order chi connectivity index (χ0) is 24.1. The number of hydrogen-bond donors (Lipinski definition) is 1. The van der Waals surface area contributed by atoms with Crippen molar-refractivity contribution in [1.82, 2.24) is 9.99 Å². The molecular weight excluding hydrogens is 494 g/mol. The van der Waals surface area contributed by atoms with Gasteiger partial charge in [-0.1, -0.05) is 61.2 Å². The molecular formula is C26H22BrN5O2. The summed E-state index contributed by atoms with van der Waals surface area (Å²) in [4.78, 5) is 21.0. The first kappa shape index (κ1) is 23.1. The largest absolute Gasteiger partial charge is 0.466 e. The van der Waals surface area contributed by atoms with Gasteiger partial charge in [-0.15, -0.1) is 0 Å². The molecule has 0 aliphatic carbocycles. The summed E-state index contributed by atoms with van der Waals surface area (Å²) in [5.74, 6) is -0.0327. The summed E-state index contributed by atoms with van der Waals surface area (Å²) in [6, 6.07) is 14.0. The van der Waals surface area contributed by atoms with Gasteiger partial charge < -0.3 is 10.5 Å². The Morgan fingerprint density at radius 2 is 2.00 bits per heavy atom. The number of carbonyl (C=O) groups is 1. The topological polar surface area (TPSA) is 93.2 Å². The summed E-state index contributed by atoms with van der Waals surface area (Å²) in [6.07, 6.45) is 9.83. The van der Waals surface area contributed by atoms with E-state index >= 15 is 0 Å². The highest BCUT2D eigenvalue weighted by Gasteiger charge is 2.26. The number of halogens is 1. The lowest BCUT2D eigenvalue weighted by Gasteiger charge is -2.23. The summed E-state index contributed by atoms with van der Waals surface area (Å²) in [5, 5.41) is 6.19. The van der Waals surface area contributed by atoms with Crippen molar-refractivity contribution in [2.75, 3.05) is 13.7 Å². The molecule has 2 aliphatic heterocycles. The van der Waals surface area contributed by atoms with Crippen LogP contribution in [-0.2, 0) is 9.53 Å². The number of aliphatic imine (C=N–C) groups is 1. The zero-order valence-corrected chi connectivity index (χ0v) is 20.1. The Labute approximate surface area is 206 Å². The van der Waals surface area contributed by atoms with Gasteiger partial charge in [0.1, 0.15) is 5.82 Å². The molecule has 2 bridgehead atoms. The number of hydrazone groups is 1. The fraction of sp³-hybridized carbons (Fsp3) is 0.0769. The second kappa shape index (κ2) is 10.3. The van der Waals surface area contributed by atoms with Gasteiger partial charge in [0, 0.05) is 34.5 Å². The quantitative estimate of drug-likeness (QED) is 0.345. The maximum absolute atomic E-state index is 11.4. The number of pyridine rings is 1. The van der Waals surface area contributed by atoms with Crippen LogP contribution < -0.4 is 5.73 Å². The van der Waals surface area contributed by atoms with Gasteiger partial charge in [-0.2, -0.15) is 5.10 Å². The monoisotopic (exact) mass is 515 g/mol. The second-order valence-electron chi connectivity index (χ2n) is 7.33. The van der Waals surface area contributed by atoms with Crippen LogP contribution in [0.15, 0.2) is 111 Å². The number of nitrogens with two attached hydrogens (primary N) is 1. The Kier molecular flexibility index (Phi) is 6.98. The van der Waals surface area contributed by atoms with E-state index in [4.69, 9.17) is 10.7 Å². The molecule has 2 aliphatic rings. The summed E-state index contributed by atoms with van der Waals surface area (Å²) in [5.41, 5.74) is 12.1. The number of hydrogen-bond acceptors (Lipinski definition) is 7. The number of rotatable bonds is 6. The van der Waals surface area contributed by atoms with Crippen molar-refractivity contribution in [1.29, 1.82) is 0 Å². The van der Waals surface area contributed by atoms with E-state index in [9.17, 15) is 4.79 Å². The highest BCUT2D eigenvalue weighted by atomic mass is 79.9. The number of esters is 1. The Balaban J connectivity index is 1.75. The summed E-state index contributed by atoms with van der Waals surface area (Å²) in [6.45, 7) is 4.29. The minimum Gasteiger partial charge on any atom is -0.466 e. The normalized spacial score (nSPS) is 16.0. The summed E-state index contributed by atoms with van der Waals surface area (Å²) in [7, 11) is 1.32. The molecule has 3 heterocycles. The van der Waals surface area contributed by atoms with Crippen LogP contribution in [-0.4, -0.2) is 41.5 Å². The number of ether oxygens (including phenoxy) is 1. The van der Waals surface area contributed by atoms with Gasteiger partial charge >= 0.3 is 5.97 Å². The standard InChI is InChI=1S/C26H22BrN5O2/c1-3-17(10-7-11-23(33)34-2)25-24(27)26(28)32-16-22(31-25)20(15-30-32)19-12-13-21(29-14-19)18-8-5-4-6-9-18/h3-15H,1,16,28H2,2H3/b11-7+,17-10+. The van der Waals surface area contributed by atoms with Crippen LogP contribution in [0.4, 0.5) is 0 Å². The molecule has 4 rings (SSSR count). The van der Waals surface area contributed by atoms with Crippen LogP contribution in [0.1, 0.15) is 5.56 Å². The maximum atomic E-state index is 11.4. The molecule has 170 valence electrons. The van der Waals surface area contributed by atoms with Crippen molar-refractivity contribution in [2.24, 2.45) is 15.8 Å². The smallest absolute Gasteiger partial charge is 0.330 e. The lowest BCUT2D eigenvalue weighted by atomic mass is 10.0. The van der Waals surface area contributed by atoms with Crippen LogP contribution in [0.5, 0.6) is 0 Å². The van der Waals surface area contributed by atoms with Crippen molar-refractivity contribution >= 4 is 39.4 Å². The van der Waals surface area contributed by atoms with Crippen molar-refractivity contribution < 1.29 is 9.53 Å². The second-order valence-corrected chi connectivity index (χ2v) is 8.12. The van der Waals surface area contributed by atoms with E-state index in [1.54, 1.807) is 29.5 Å². The van der Waals surface area contributed by atoms with Gasteiger partial charge in [0.25, 0.3) is 0 Å². The summed E-state index contributed by atoms with van der Waals surface area (Å²) < 4.78 is 5.22.